The maximum atomic E-state index is 13.7. The van der Waals surface area contributed by atoms with Crippen molar-refractivity contribution in [2.75, 3.05) is 11.9 Å². The SMILES string of the molecule is CC(C)C=C(C#N)C(=O)N(C)c1cccc(C[C@H](NC(=O)c2cc(Cl)ccc2Cl)C(=O)N[C@H](CB(O)O)c2ccccc2)c1. The first-order chi connectivity index (χ1) is 20.9. The molecule has 0 heterocycles. The number of hydrogen-bond acceptors (Lipinski definition) is 6. The van der Waals surface area contributed by atoms with Crippen LogP contribution in [0.5, 0.6) is 0 Å². The van der Waals surface area contributed by atoms with Gasteiger partial charge in [-0.25, -0.2) is 0 Å². The highest BCUT2D eigenvalue weighted by Crippen LogP contribution is 2.23. The van der Waals surface area contributed by atoms with E-state index < -0.39 is 36.9 Å². The fourth-order valence-corrected chi connectivity index (χ4v) is 4.85. The number of benzene rings is 3. The van der Waals surface area contributed by atoms with Gasteiger partial charge in [-0.1, -0.05) is 85.6 Å². The molecule has 3 aromatic carbocycles. The predicted molar refractivity (Wildman–Crippen MR) is 172 cm³/mol. The van der Waals surface area contributed by atoms with Crippen molar-refractivity contribution in [3.8, 4) is 6.07 Å². The number of carbonyl (C=O) groups excluding carboxylic acids is 3. The van der Waals surface area contributed by atoms with Gasteiger partial charge in [0.05, 0.1) is 16.6 Å². The van der Waals surface area contributed by atoms with Gasteiger partial charge < -0.3 is 25.6 Å². The maximum Gasteiger partial charge on any atom is 0.453 e. The minimum atomic E-state index is -1.70. The monoisotopic (exact) mass is 634 g/mol. The highest BCUT2D eigenvalue weighted by atomic mass is 35.5. The quantitative estimate of drug-likeness (QED) is 0.129. The van der Waals surface area contributed by atoms with Gasteiger partial charge in [-0.15, -0.1) is 0 Å². The van der Waals surface area contributed by atoms with Crippen LogP contribution >= 0.6 is 23.2 Å². The lowest BCUT2D eigenvalue weighted by Crippen LogP contribution is -2.49. The van der Waals surface area contributed by atoms with Crippen LogP contribution in [0.3, 0.4) is 0 Å². The number of nitrogens with one attached hydrogen (secondary N) is 2. The van der Waals surface area contributed by atoms with Crippen molar-refractivity contribution in [2.24, 2.45) is 5.92 Å². The van der Waals surface area contributed by atoms with Crippen LogP contribution in [0.2, 0.25) is 16.4 Å². The Morgan fingerprint density at radius 2 is 1.70 bits per heavy atom. The van der Waals surface area contributed by atoms with Gasteiger partial charge >= 0.3 is 7.12 Å². The van der Waals surface area contributed by atoms with Crippen molar-refractivity contribution < 1.29 is 24.4 Å². The fraction of sp³-hybridized carbons (Fsp3) is 0.250. The minimum Gasteiger partial charge on any atom is -0.427 e. The van der Waals surface area contributed by atoms with Crippen LogP contribution in [-0.2, 0) is 16.0 Å². The maximum absolute atomic E-state index is 13.7. The molecule has 0 aliphatic rings. The molecule has 44 heavy (non-hydrogen) atoms. The number of likely N-dealkylation sites (N-methyl/N-ethyl adjacent to an activating group) is 1. The Labute approximate surface area is 267 Å². The molecule has 228 valence electrons. The molecular weight excluding hydrogens is 602 g/mol. The molecule has 0 fully saturated rings. The molecule has 3 aromatic rings. The van der Waals surface area contributed by atoms with Gasteiger partial charge in [0.2, 0.25) is 5.91 Å². The van der Waals surface area contributed by atoms with E-state index in [0.29, 0.717) is 16.8 Å². The Morgan fingerprint density at radius 1 is 1.00 bits per heavy atom. The first kappa shape index (κ1) is 34.4. The number of carbonyl (C=O) groups is 3. The lowest BCUT2D eigenvalue weighted by molar-refractivity contribution is -0.123. The highest BCUT2D eigenvalue weighted by molar-refractivity contribution is 6.41. The molecular formula is C32H33BCl2N4O5. The summed E-state index contributed by atoms with van der Waals surface area (Å²) in [4.78, 5) is 41.4. The molecule has 4 N–H and O–H groups in total. The smallest absolute Gasteiger partial charge is 0.427 e. The highest BCUT2D eigenvalue weighted by Gasteiger charge is 2.28. The number of nitriles is 1. The van der Waals surface area contributed by atoms with Crippen LogP contribution in [0.1, 0.15) is 41.4 Å². The third-order valence-corrected chi connectivity index (χ3v) is 7.22. The van der Waals surface area contributed by atoms with E-state index >= 15 is 0 Å². The number of halogens is 2. The Hall–Kier alpha value is -4.14. The minimum absolute atomic E-state index is 0.00174. The summed E-state index contributed by atoms with van der Waals surface area (Å²) < 4.78 is 0. The summed E-state index contributed by atoms with van der Waals surface area (Å²) in [5.41, 5.74) is 1.80. The number of allylic oxidation sites excluding steroid dienone is 1. The molecule has 9 nitrogen and oxygen atoms in total. The standard InChI is InChI=1S/C32H33BCl2N4O5/c1-20(2)14-23(19-36)32(42)39(3)25-11-7-8-21(15-25)16-28(37-30(40)26-17-24(34)12-13-27(26)35)31(41)38-29(18-33(43)44)22-9-5-4-6-10-22/h4-15,17,20,28-29,43-44H,16,18H2,1-3H3,(H,37,40)(H,38,41)/t28-,29+/m0/s1. The van der Waals surface area contributed by atoms with Crippen LogP contribution in [-0.4, -0.2) is 48.0 Å². The summed E-state index contributed by atoms with van der Waals surface area (Å²) in [5.74, 6) is -1.72. The lowest BCUT2D eigenvalue weighted by atomic mass is 9.79. The lowest BCUT2D eigenvalue weighted by Gasteiger charge is -2.25. The van der Waals surface area contributed by atoms with Crippen LogP contribution in [0.4, 0.5) is 5.69 Å². The Morgan fingerprint density at radius 3 is 2.34 bits per heavy atom. The summed E-state index contributed by atoms with van der Waals surface area (Å²) in [6.07, 6.45) is 1.40. The van der Waals surface area contributed by atoms with E-state index in [4.69, 9.17) is 23.2 Å². The summed E-state index contributed by atoms with van der Waals surface area (Å²) in [6.45, 7) is 3.73. The molecule has 0 bridgehead atoms. The van der Waals surface area contributed by atoms with Gasteiger partial charge in [-0.3, -0.25) is 14.4 Å². The van der Waals surface area contributed by atoms with Gasteiger partial charge in [0.25, 0.3) is 11.8 Å². The van der Waals surface area contributed by atoms with E-state index in [9.17, 15) is 29.7 Å². The summed E-state index contributed by atoms with van der Waals surface area (Å²) in [6, 6.07) is 20.0. The van der Waals surface area contributed by atoms with Crippen LogP contribution < -0.4 is 15.5 Å². The molecule has 2 atom stereocenters. The molecule has 0 saturated heterocycles. The number of rotatable bonds is 12. The summed E-state index contributed by atoms with van der Waals surface area (Å²) >= 11 is 12.3. The van der Waals surface area contributed by atoms with Gasteiger partial charge in [-0.2, -0.15) is 5.26 Å². The zero-order valence-electron chi connectivity index (χ0n) is 24.5. The molecule has 0 aliphatic carbocycles. The van der Waals surface area contributed by atoms with Gasteiger partial charge in [0, 0.05) is 30.5 Å². The van der Waals surface area contributed by atoms with E-state index in [2.05, 4.69) is 10.6 Å². The van der Waals surface area contributed by atoms with E-state index in [1.54, 1.807) is 67.7 Å². The van der Waals surface area contributed by atoms with Crippen molar-refractivity contribution >= 4 is 53.7 Å². The van der Waals surface area contributed by atoms with Crippen molar-refractivity contribution in [3.05, 3.63) is 111 Å². The molecule has 0 aromatic heterocycles. The molecule has 3 rings (SSSR count). The summed E-state index contributed by atoms with van der Waals surface area (Å²) in [7, 11) is -0.156. The van der Waals surface area contributed by atoms with Crippen molar-refractivity contribution in [1.29, 1.82) is 5.26 Å². The number of hydrogen-bond donors (Lipinski definition) is 4. The zero-order chi connectivity index (χ0) is 32.4. The van der Waals surface area contributed by atoms with Crippen LogP contribution in [0, 0.1) is 17.2 Å². The molecule has 0 aliphatic heterocycles. The number of amides is 3. The van der Waals surface area contributed by atoms with E-state index in [0.717, 1.165) is 0 Å². The number of anilines is 1. The molecule has 0 unspecified atom stereocenters. The fourth-order valence-electron chi connectivity index (χ4n) is 4.48. The number of nitrogens with zero attached hydrogens (tertiary/aromatic N) is 2. The molecule has 0 saturated carbocycles. The third-order valence-electron chi connectivity index (χ3n) is 6.65. The van der Waals surface area contributed by atoms with Crippen molar-refractivity contribution in [1.82, 2.24) is 10.6 Å². The molecule has 0 spiro atoms. The molecule has 3 amide bonds. The van der Waals surface area contributed by atoms with E-state index in [1.165, 1.54) is 23.1 Å². The van der Waals surface area contributed by atoms with Crippen LogP contribution in [0.25, 0.3) is 0 Å². The van der Waals surface area contributed by atoms with Crippen molar-refractivity contribution in [2.45, 2.75) is 38.7 Å². The molecule has 0 radical (unpaired) electrons. The first-order valence-corrected chi connectivity index (χ1v) is 14.6. The van der Waals surface area contributed by atoms with Gasteiger partial charge in [0.1, 0.15) is 17.7 Å². The largest absolute Gasteiger partial charge is 0.453 e. The predicted octanol–water partition coefficient (Wildman–Crippen LogP) is 4.73. The van der Waals surface area contributed by atoms with Crippen LogP contribution in [0.15, 0.2) is 84.4 Å². The first-order valence-electron chi connectivity index (χ1n) is 13.9. The Balaban J connectivity index is 1.94. The van der Waals surface area contributed by atoms with E-state index in [1.807, 2.05) is 19.9 Å². The Kier molecular flexibility index (Phi) is 12.6. The normalized spacial score (nSPS) is 12.6. The summed E-state index contributed by atoms with van der Waals surface area (Å²) in [5, 5.41) is 34.9. The third kappa shape index (κ3) is 9.69. The van der Waals surface area contributed by atoms with Gasteiger partial charge in [-0.05, 0) is 47.4 Å². The average molecular weight is 635 g/mol. The van der Waals surface area contributed by atoms with E-state index in [-0.39, 0.29) is 39.8 Å². The van der Waals surface area contributed by atoms with Crippen molar-refractivity contribution in [3.63, 3.8) is 0 Å². The average Bonchev–Trinajstić information content (AvgIpc) is 2.99. The zero-order valence-corrected chi connectivity index (χ0v) is 26.0. The topological polar surface area (TPSA) is 143 Å². The Bertz CT molecular complexity index is 1560. The second-order valence-electron chi connectivity index (χ2n) is 10.5. The molecule has 12 heteroatoms. The second kappa shape index (κ2) is 16.1. The second-order valence-corrected chi connectivity index (χ2v) is 11.4. The van der Waals surface area contributed by atoms with Gasteiger partial charge in [0.15, 0.2) is 0 Å².